The van der Waals surface area contributed by atoms with E-state index in [1.54, 1.807) is 18.3 Å². The highest BCUT2D eigenvalue weighted by atomic mass is 35.5. The molecule has 114 valence electrons. The van der Waals surface area contributed by atoms with Crippen LogP contribution in [0.4, 0.5) is 11.5 Å². The molecule has 1 aliphatic heterocycles. The highest BCUT2D eigenvalue weighted by Gasteiger charge is 2.16. The van der Waals surface area contributed by atoms with Crippen molar-refractivity contribution in [2.75, 3.05) is 36.9 Å². The molecule has 1 saturated heterocycles. The number of morpholine rings is 1. The minimum Gasteiger partial charge on any atom is -0.398 e. The van der Waals surface area contributed by atoms with Crippen LogP contribution >= 0.6 is 11.6 Å². The van der Waals surface area contributed by atoms with Crippen LogP contribution in [-0.2, 0) is 4.74 Å². The highest BCUT2D eigenvalue weighted by Crippen LogP contribution is 2.24. The summed E-state index contributed by atoms with van der Waals surface area (Å²) in [5, 5.41) is 8.86. The molecule has 5 nitrogen and oxygen atoms in total. The number of benzene rings is 1. The molecule has 3 N–H and O–H groups in total. The standard InChI is InChI=1S/C16H17ClN4O/c17-13-4-2-1-3-11(13)16(19)12-10-20-15(9-14(12)18)21-5-7-22-8-6-21/h1-4,9-10,19H,5-8H2,(H2,18,20). The van der Waals surface area contributed by atoms with Crippen molar-refractivity contribution in [1.29, 1.82) is 5.41 Å². The number of nitrogens with zero attached hydrogens (tertiary/aromatic N) is 2. The largest absolute Gasteiger partial charge is 0.398 e. The molecule has 0 spiro atoms. The first-order valence-corrected chi connectivity index (χ1v) is 7.46. The Morgan fingerprint density at radius 1 is 1.23 bits per heavy atom. The lowest BCUT2D eigenvalue weighted by atomic mass is 10.0. The van der Waals surface area contributed by atoms with Gasteiger partial charge < -0.3 is 15.4 Å². The quantitative estimate of drug-likeness (QED) is 0.853. The van der Waals surface area contributed by atoms with E-state index in [0.717, 1.165) is 18.9 Å². The minimum atomic E-state index is 0.282. The van der Waals surface area contributed by atoms with Crippen LogP contribution in [0.15, 0.2) is 36.5 Å². The van der Waals surface area contributed by atoms with Gasteiger partial charge in [-0.2, -0.15) is 0 Å². The van der Waals surface area contributed by atoms with Crippen LogP contribution < -0.4 is 10.6 Å². The van der Waals surface area contributed by atoms with Crippen molar-refractivity contribution >= 4 is 28.8 Å². The summed E-state index contributed by atoms with van der Waals surface area (Å²) < 4.78 is 5.33. The zero-order valence-electron chi connectivity index (χ0n) is 12.1. The number of nitrogen functional groups attached to an aromatic ring is 1. The number of nitrogens with one attached hydrogen (secondary N) is 1. The van der Waals surface area contributed by atoms with Crippen LogP contribution in [0.3, 0.4) is 0 Å². The molecule has 0 aliphatic carbocycles. The van der Waals surface area contributed by atoms with E-state index in [0.29, 0.717) is 35.1 Å². The summed E-state index contributed by atoms with van der Waals surface area (Å²) in [7, 11) is 0. The van der Waals surface area contributed by atoms with E-state index in [4.69, 9.17) is 27.5 Å². The zero-order chi connectivity index (χ0) is 15.5. The van der Waals surface area contributed by atoms with E-state index in [1.807, 2.05) is 18.2 Å². The molecule has 0 unspecified atom stereocenters. The molecule has 22 heavy (non-hydrogen) atoms. The molecular weight excluding hydrogens is 300 g/mol. The summed E-state index contributed by atoms with van der Waals surface area (Å²) >= 11 is 6.15. The fourth-order valence-corrected chi connectivity index (χ4v) is 2.67. The third-order valence-corrected chi connectivity index (χ3v) is 4.00. The molecule has 2 heterocycles. The molecule has 0 bridgehead atoms. The molecule has 3 rings (SSSR count). The lowest BCUT2D eigenvalue weighted by molar-refractivity contribution is 0.122. The fraction of sp³-hybridized carbons (Fsp3) is 0.250. The topological polar surface area (TPSA) is 75.2 Å². The molecule has 1 aromatic carbocycles. The molecule has 0 saturated carbocycles. The van der Waals surface area contributed by atoms with Crippen LogP contribution in [0.25, 0.3) is 0 Å². The van der Waals surface area contributed by atoms with Gasteiger partial charge in [0.15, 0.2) is 0 Å². The van der Waals surface area contributed by atoms with Gasteiger partial charge in [-0.15, -0.1) is 0 Å². The van der Waals surface area contributed by atoms with Gasteiger partial charge in [-0.05, 0) is 6.07 Å². The van der Waals surface area contributed by atoms with Gasteiger partial charge in [0.25, 0.3) is 0 Å². The number of hydrogen-bond acceptors (Lipinski definition) is 5. The normalized spacial score (nSPS) is 14.9. The molecule has 0 atom stereocenters. The first-order valence-electron chi connectivity index (χ1n) is 7.09. The second-order valence-corrected chi connectivity index (χ2v) is 5.49. The van der Waals surface area contributed by atoms with Crippen molar-refractivity contribution in [2.24, 2.45) is 0 Å². The molecule has 0 radical (unpaired) electrons. The average molecular weight is 317 g/mol. The molecule has 1 aliphatic rings. The van der Waals surface area contributed by atoms with Gasteiger partial charge in [0.05, 0.1) is 18.9 Å². The number of aromatic nitrogens is 1. The van der Waals surface area contributed by atoms with Gasteiger partial charge in [0, 0.05) is 47.2 Å². The van der Waals surface area contributed by atoms with Crippen molar-refractivity contribution in [3.8, 4) is 0 Å². The van der Waals surface area contributed by atoms with Gasteiger partial charge in [0.2, 0.25) is 0 Å². The van der Waals surface area contributed by atoms with Gasteiger partial charge >= 0.3 is 0 Å². The monoisotopic (exact) mass is 316 g/mol. The summed E-state index contributed by atoms with van der Waals surface area (Å²) in [6, 6.07) is 9.06. The second-order valence-electron chi connectivity index (χ2n) is 5.08. The predicted molar refractivity (Wildman–Crippen MR) is 89.1 cm³/mol. The Bertz CT molecular complexity index is 698. The summed E-state index contributed by atoms with van der Waals surface area (Å²) in [6.07, 6.45) is 1.64. The lowest BCUT2D eigenvalue weighted by Crippen LogP contribution is -2.36. The Morgan fingerprint density at radius 3 is 2.64 bits per heavy atom. The fourth-order valence-electron chi connectivity index (χ4n) is 2.44. The maximum absolute atomic E-state index is 8.33. The zero-order valence-corrected chi connectivity index (χ0v) is 12.8. The first kappa shape index (κ1) is 14.8. The molecule has 2 aromatic rings. The number of anilines is 2. The number of pyridine rings is 1. The number of ether oxygens (including phenoxy) is 1. The number of rotatable bonds is 3. The molecule has 6 heteroatoms. The highest BCUT2D eigenvalue weighted by molar-refractivity contribution is 6.35. The Kier molecular flexibility index (Phi) is 4.27. The Labute approximate surface area is 134 Å². The van der Waals surface area contributed by atoms with Crippen LogP contribution in [0.5, 0.6) is 0 Å². The van der Waals surface area contributed by atoms with Crippen molar-refractivity contribution in [2.45, 2.75) is 0 Å². The summed E-state index contributed by atoms with van der Waals surface area (Å²) in [6.45, 7) is 2.99. The average Bonchev–Trinajstić information content (AvgIpc) is 2.55. The smallest absolute Gasteiger partial charge is 0.130 e. The lowest BCUT2D eigenvalue weighted by Gasteiger charge is -2.28. The van der Waals surface area contributed by atoms with Gasteiger partial charge in [-0.1, -0.05) is 29.8 Å². The molecule has 1 aromatic heterocycles. The third-order valence-electron chi connectivity index (χ3n) is 3.67. The van der Waals surface area contributed by atoms with E-state index < -0.39 is 0 Å². The Hall–Kier alpha value is -2.11. The number of nitrogens with two attached hydrogens (primary N) is 1. The SMILES string of the molecule is N=C(c1cnc(N2CCOCC2)cc1N)c1ccccc1Cl. The maximum atomic E-state index is 8.33. The van der Waals surface area contributed by atoms with E-state index in [9.17, 15) is 0 Å². The summed E-state index contributed by atoms with van der Waals surface area (Å²) in [5.74, 6) is 0.816. The van der Waals surface area contributed by atoms with Crippen LogP contribution in [0.1, 0.15) is 11.1 Å². The molecular formula is C16H17ClN4O. The van der Waals surface area contributed by atoms with Crippen LogP contribution in [0, 0.1) is 5.41 Å². The second kappa shape index (κ2) is 6.34. The molecule has 0 amide bonds. The van der Waals surface area contributed by atoms with E-state index in [1.165, 1.54) is 0 Å². The summed E-state index contributed by atoms with van der Waals surface area (Å²) in [4.78, 5) is 6.57. The van der Waals surface area contributed by atoms with Gasteiger partial charge in [-0.3, -0.25) is 5.41 Å². The molecule has 1 fully saturated rings. The van der Waals surface area contributed by atoms with Crippen LogP contribution in [0.2, 0.25) is 5.02 Å². The summed E-state index contributed by atoms with van der Waals surface area (Å²) in [5.41, 5.74) is 8.18. The van der Waals surface area contributed by atoms with Crippen molar-refractivity contribution in [3.63, 3.8) is 0 Å². The first-order chi connectivity index (χ1) is 10.7. The Morgan fingerprint density at radius 2 is 1.95 bits per heavy atom. The van der Waals surface area contributed by atoms with E-state index in [2.05, 4.69) is 9.88 Å². The van der Waals surface area contributed by atoms with E-state index >= 15 is 0 Å². The predicted octanol–water partition coefficient (Wildman–Crippen LogP) is 2.57. The van der Waals surface area contributed by atoms with Crippen LogP contribution in [-0.4, -0.2) is 37.0 Å². The maximum Gasteiger partial charge on any atom is 0.130 e. The minimum absolute atomic E-state index is 0.282. The third kappa shape index (κ3) is 2.91. The number of hydrogen-bond donors (Lipinski definition) is 2. The Balaban J connectivity index is 1.89. The van der Waals surface area contributed by atoms with Crippen molar-refractivity contribution < 1.29 is 4.74 Å². The van der Waals surface area contributed by atoms with E-state index in [-0.39, 0.29) is 5.71 Å². The van der Waals surface area contributed by atoms with Gasteiger partial charge in [-0.25, -0.2) is 4.98 Å². The number of halogens is 1. The van der Waals surface area contributed by atoms with Crippen molar-refractivity contribution in [1.82, 2.24) is 4.98 Å². The van der Waals surface area contributed by atoms with Crippen molar-refractivity contribution in [3.05, 3.63) is 52.7 Å². The van der Waals surface area contributed by atoms with Gasteiger partial charge in [0.1, 0.15) is 5.82 Å².